The van der Waals surface area contributed by atoms with Gasteiger partial charge in [-0.2, -0.15) is 0 Å². The van der Waals surface area contributed by atoms with E-state index in [4.69, 9.17) is 0 Å². The van der Waals surface area contributed by atoms with Crippen molar-refractivity contribution in [3.8, 4) is 0 Å². The van der Waals surface area contributed by atoms with Gasteiger partial charge in [-0.25, -0.2) is 0 Å². The third-order valence-electron chi connectivity index (χ3n) is 5.44. The van der Waals surface area contributed by atoms with Crippen LogP contribution in [-0.2, 0) is 22.4 Å². The molecule has 2 aromatic rings. The standard InChI is InChI=1S/C24H30N2O2/c1-19-7-5-10-21(17-19)18-23(27)26-15-12-22(13-16-26)24(28)25-14-6-11-20-8-3-2-4-9-20/h2-5,7-10,17,22H,6,11-16,18H2,1H3,(H,25,28). The molecule has 1 aliphatic heterocycles. The van der Waals surface area contributed by atoms with Gasteiger partial charge in [0.05, 0.1) is 6.42 Å². The molecule has 4 heteroatoms. The molecule has 1 aliphatic rings. The molecular formula is C24H30N2O2. The number of hydrogen-bond donors (Lipinski definition) is 1. The van der Waals surface area contributed by atoms with Crippen LogP contribution < -0.4 is 5.32 Å². The summed E-state index contributed by atoms with van der Waals surface area (Å²) in [6, 6.07) is 18.4. The summed E-state index contributed by atoms with van der Waals surface area (Å²) in [4.78, 5) is 26.8. The van der Waals surface area contributed by atoms with Crippen LogP contribution in [0.3, 0.4) is 0 Å². The van der Waals surface area contributed by atoms with Crippen LogP contribution in [0.25, 0.3) is 0 Å². The Morgan fingerprint density at radius 2 is 1.71 bits per heavy atom. The van der Waals surface area contributed by atoms with E-state index in [1.54, 1.807) is 0 Å². The molecule has 0 radical (unpaired) electrons. The van der Waals surface area contributed by atoms with Crippen molar-refractivity contribution in [1.82, 2.24) is 10.2 Å². The highest BCUT2D eigenvalue weighted by molar-refractivity contribution is 5.81. The number of likely N-dealkylation sites (tertiary alicyclic amines) is 1. The van der Waals surface area contributed by atoms with E-state index < -0.39 is 0 Å². The average Bonchev–Trinajstić information content (AvgIpc) is 2.72. The first-order chi connectivity index (χ1) is 13.6. The Bertz CT molecular complexity index is 780. The van der Waals surface area contributed by atoms with Crippen molar-refractivity contribution in [2.24, 2.45) is 5.92 Å². The van der Waals surface area contributed by atoms with Gasteiger partial charge >= 0.3 is 0 Å². The molecule has 1 N–H and O–H groups in total. The zero-order valence-electron chi connectivity index (χ0n) is 16.7. The number of hydrogen-bond acceptors (Lipinski definition) is 2. The number of aryl methyl sites for hydroxylation is 2. The van der Waals surface area contributed by atoms with Crippen LogP contribution in [0.2, 0.25) is 0 Å². The molecule has 4 nitrogen and oxygen atoms in total. The van der Waals surface area contributed by atoms with Crippen LogP contribution in [0.5, 0.6) is 0 Å². The Balaban J connectivity index is 1.36. The Kier molecular flexibility index (Phi) is 7.24. The molecule has 2 aromatic carbocycles. The predicted molar refractivity (Wildman–Crippen MR) is 112 cm³/mol. The van der Waals surface area contributed by atoms with Crippen molar-refractivity contribution in [3.63, 3.8) is 0 Å². The molecule has 0 unspecified atom stereocenters. The van der Waals surface area contributed by atoms with Crippen molar-refractivity contribution in [1.29, 1.82) is 0 Å². The van der Waals surface area contributed by atoms with Gasteiger partial charge in [0, 0.05) is 25.6 Å². The van der Waals surface area contributed by atoms with Crippen molar-refractivity contribution in [3.05, 3.63) is 71.3 Å². The molecule has 1 fully saturated rings. The molecule has 0 aliphatic carbocycles. The highest BCUT2D eigenvalue weighted by Crippen LogP contribution is 2.18. The minimum Gasteiger partial charge on any atom is -0.356 e. The molecule has 0 spiro atoms. The fourth-order valence-electron chi connectivity index (χ4n) is 3.79. The van der Waals surface area contributed by atoms with Crippen molar-refractivity contribution in [2.75, 3.05) is 19.6 Å². The van der Waals surface area contributed by atoms with Gasteiger partial charge in [0.2, 0.25) is 11.8 Å². The maximum Gasteiger partial charge on any atom is 0.226 e. The summed E-state index contributed by atoms with van der Waals surface area (Å²) < 4.78 is 0. The fourth-order valence-corrected chi connectivity index (χ4v) is 3.79. The summed E-state index contributed by atoms with van der Waals surface area (Å²) in [5.74, 6) is 0.325. The highest BCUT2D eigenvalue weighted by atomic mass is 16.2. The Labute approximate surface area is 167 Å². The van der Waals surface area contributed by atoms with E-state index in [0.717, 1.165) is 31.2 Å². The van der Waals surface area contributed by atoms with Crippen molar-refractivity contribution >= 4 is 11.8 Å². The van der Waals surface area contributed by atoms with Gasteiger partial charge in [0.1, 0.15) is 0 Å². The van der Waals surface area contributed by atoms with E-state index >= 15 is 0 Å². The molecule has 28 heavy (non-hydrogen) atoms. The van der Waals surface area contributed by atoms with Gasteiger partial charge in [-0.15, -0.1) is 0 Å². The van der Waals surface area contributed by atoms with E-state index in [1.165, 1.54) is 11.1 Å². The molecule has 1 saturated heterocycles. The van der Waals surface area contributed by atoms with Crippen LogP contribution in [0.15, 0.2) is 54.6 Å². The first-order valence-corrected chi connectivity index (χ1v) is 10.3. The largest absolute Gasteiger partial charge is 0.356 e. The normalized spacial score (nSPS) is 14.7. The topological polar surface area (TPSA) is 49.4 Å². The average molecular weight is 379 g/mol. The van der Waals surface area contributed by atoms with E-state index in [1.807, 2.05) is 48.2 Å². The number of carbonyl (C=O) groups excluding carboxylic acids is 2. The second-order valence-electron chi connectivity index (χ2n) is 7.70. The minimum absolute atomic E-state index is 0.0275. The van der Waals surface area contributed by atoms with Gasteiger partial charge in [0.25, 0.3) is 0 Å². The number of amides is 2. The van der Waals surface area contributed by atoms with Crippen LogP contribution in [0, 0.1) is 12.8 Å². The first-order valence-electron chi connectivity index (χ1n) is 10.3. The zero-order valence-corrected chi connectivity index (χ0v) is 16.7. The minimum atomic E-state index is 0.0275. The quantitative estimate of drug-likeness (QED) is 0.750. The summed E-state index contributed by atoms with van der Waals surface area (Å²) in [6.45, 7) is 4.09. The lowest BCUT2D eigenvalue weighted by Gasteiger charge is -2.31. The smallest absolute Gasteiger partial charge is 0.226 e. The molecule has 0 atom stereocenters. The fraction of sp³-hybridized carbons (Fsp3) is 0.417. The molecule has 148 valence electrons. The third-order valence-corrected chi connectivity index (χ3v) is 5.44. The first kappa shape index (κ1) is 20.1. The number of benzene rings is 2. The number of nitrogens with zero attached hydrogens (tertiary/aromatic N) is 1. The summed E-state index contributed by atoms with van der Waals surface area (Å²) in [5, 5.41) is 3.07. The summed E-state index contributed by atoms with van der Waals surface area (Å²) in [5.41, 5.74) is 3.54. The van der Waals surface area contributed by atoms with Crippen molar-refractivity contribution in [2.45, 2.75) is 39.0 Å². The summed E-state index contributed by atoms with van der Waals surface area (Å²) in [6.07, 6.45) is 3.88. The Hall–Kier alpha value is -2.62. The molecule has 0 saturated carbocycles. The van der Waals surface area contributed by atoms with E-state index in [0.29, 0.717) is 26.1 Å². The molecule has 0 aromatic heterocycles. The van der Waals surface area contributed by atoms with Crippen LogP contribution >= 0.6 is 0 Å². The predicted octanol–water partition coefficient (Wildman–Crippen LogP) is 3.53. The monoisotopic (exact) mass is 378 g/mol. The maximum atomic E-state index is 12.5. The number of carbonyl (C=O) groups is 2. The van der Waals surface area contributed by atoms with Crippen LogP contribution in [0.1, 0.15) is 36.0 Å². The van der Waals surface area contributed by atoms with Gasteiger partial charge in [-0.3, -0.25) is 9.59 Å². The molecule has 0 bridgehead atoms. The molecular weight excluding hydrogens is 348 g/mol. The summed E-state index contributed by atoms with van der Waals surface area (Å²) >= 11 is 0. The third kappa shape index (κ3) is 5.95. The van der Waals surface area contributed by atoms with Gasteiger partial charge < -0.3 is 10.2 Å². The Morgan fingerprint density at radius 3 is 2.43 bits per heavy atom. The summed E-state index contributed by atoms with van der Waals surface area (Å²) in [7, 11) is 0. The lowest BCUT2D eigenvalue weighted by Crippen LogP contribution is -2.43. The maximum absolute atomic E-state index is 12.5. The SMILES string of the molecule is Cc1cccc(CC(=O)N2CCC(C(=O)NCCCc3ccccc3)CC2)c1. The Morgan fingerprint density at radius 1 is 1.00 bits per heavy atom. The highest BCUT2D eigenvalue weighted by Gasteiger charge is 2.27. The van der Waals surface area contributed by atoms with Crippen LogP contribution in [0.4, 0.5) is 0 Å². The molecule has 1 heterocycles. The number of nitrogens with one attached hydrogen (secondary N) is 1. The second kappa shape index (κ2) is 10.1. The van der Waals surface area contributed by atoms with Gasteiger partial charge in [0.15, 0.2) is 0 Å². The van der Waals surface area contributed by atoms with Crippen LogP contribution in [-0.4, -0.2) is 36.3 Å². The number of piperidine rings is 1. The van der Waals surface area contributed by atoms with Crippen molar-refractivity contribution < 1.29 is 9.59 Å². The number of rotatable bonds is 7. The second-order valence-corrected chi connectivity index (χ2v) is 7.70. The molecule has 2 amide bonds. The molecule has 3 rings (SSSR count). The van der Waals surface area contributed by atoms with Gasteiger partial charge in [-0.1, -0.05) is 60.2 Å². The van der Waals surface area contributed by atoms with Gasteiger partial charge in [-0.05, 0) is 43.7 Å². The zero-order chi connectivity index (χ0) is 19.8. The van der Waals surface area contributed by atoms with E-state index in [-0.39, 0.29) is 17.7 Å². The van der Waals surface area contributed by atoms with E-state index in [2.05, 4.69) is 23.5 Å². The van der Waals surface area contributed by atoms with E-state index in [9.17, 15) is 9.59 Å². The lowest BCUT2D eigenvalue weighted by atomic mass is 9.95. The lowest BCUT2D eigenvalue weighted by molar-refractivity contribution is -0.135.